The highest BCUT2D eigenvalue weighted by atomic mass is 19.1. The third-order valence-electron chi connectivity index (χ3n) is 4.02. The van der Waals surface area contributed by atoms with Crippen LogP contribution in [0.25, 0.3) is 0 Å². The lowest BCUT2D eigenvalue weighted by molar-refractivity contribution is 0.0761. The van der Waals surface area contributed by atoms with Gasteiger partial charge in [0, 0.05) is 37.8 Å². The number of amides is 3. The monoisotopic (exact) mass is 365 g/mol. The molecular formula is C19H28FN3O3. The molecule has 7 heteroatoms. The van der Waals surface area contributed by atoms with Gasteiger partial charge in [0.1, 0.15) is 0 Å². The number of nitrogens with zero attached hydrogens (tertiary/aromatic N) is 2. The standard InChI is InChI=1S/C19H28FN3O3/c1-13(2)21-19(25)23-9-5-8-22(10-11-23)18(24)15-6-7-17(16(20)12-15)26-14(3)4/h6-7,12-14H,5,8-11H2,1-4H3,(H,21,25). The van der Waals surface area contributed by atoms with Gasteiger partial charge in [-0.1, -0.05) is 0 Å². The van der Waals surface area contributed by atoms with Gasteiger partial charge in [-0.05, 0) is 52.3 Å². The summed E-state index contributed by atoms with van der Waals surface area (Å²) in [7, 11) is 0. The number of halogens is 1. The van der Waals surface area contributed by atoms with Crippen LogP contribution in [0.1, 0.15) is 44.5 Å². The van der Waals surface area contributed by atoms with Crippen molar-refractivity contribution in [1.29, 1.82) is 0 Å². The van der Waals surface area contributed by atoms with Crippen molar-refractivity contribution in [3.8, 4) is 5.75 Å². The molecule has 1 aromatic rings. The van der Waals surface area contributed by atoms with Crippen molar-refractivity contribution < 1.29 is 18.7 Å². The number of hydrogen-bond acceptors (Lipinski definition) is 3. The Balaban J connectivity index is 2.01. The molecule has 1 saturated heterocycles. The topological polar surface area (TPSA) is 61.9 Å². The molecule has 0 unspecified atom stereocenters. The highest BCUT2D eigenvalue weighted by Crippen LogP contribution is 2.21. The smallest absolute Gasteiger partial charge is 0.317 e. The number of benzene rings is 1. The lowest BCUT2D eigenvalue weighted by atomic mass is 10.1. The van der Waals surface area contributed by atoms with Crippen LogP contribution in [0, 0.1) is 5.82 Å². The minimum Gasteiger partial charge on any atom is -0.488 e. The number of ether oxygens (including phenoxy) is 1. The van der Waals surface area contributed by atoms with Crippen LogP contribution in [-0.2, 0) is 0 Å². The lowest BCUT2D eigenvalue weighted by Crippen LogP contribution is -2.44. The molecule has 6 nitrogen and oxygen atoms in total. The van der Waals surface area contributed by atoms with Crippen LogP contribution in [0.2, 0.25) is 0 Å². The Morgan fingerprint density at radius 2 is 1.73 bits per heavy atom. The molecular weight excluding hydrogens is 337 g/mol. The number of carbonyl (C=O) groups is 2. The lowest BCUT2D eigenvalue weighted by Gasteiger charge is -2.23. The molecule has 26 heavy (non-hydrogen) atoms. The van der Waals surface area contributed by atoms with E-state index in [1.54, 1.807) is 15.9 Å². The maximum absolute atomic E-state index is 14.2. The molecule has 144 valence electrons. The second kappa shape index (κ2) is 8.87. The molecule has 1 aromatic carbocycles. The van der Waals surface area contributed by atoms with Gasteiger partial charge in [-0.3, -0.25) is 4.79 Å². The Bertz CT molecular complexity index is 649. The Kier molecular flexibility index (Phi) is 6.83. The molecule has 2 rings (SSSR count). The summed E-state index contributed by atoms with van der Waals surface area (Å²) in [5, 5.41) is 2.87. The summed E-state index contributed by atoms with van der Waals surface area (Å²) in [6.07, 6.45) is 0.550. The summed E-state index contributed by atoms with van der Waals surface area (Å²) in [4.78, 5) is 28.2. The van der Waals surface area contributed by atoms with Gasteiger partial charge in [-0.2, -0.15) is 0 Å². The zero-order valence-electron chi connectivity index (χ0n) is 15.9. The van der Waals surface area contributed by atoms with Crippen LogP contribution >= 0.6 is 0 Å². The van der Waals surface area contributed by atoms with E-state index >= 15 is 0 Å². The van der Waals surface area contributed by atoms with E-state index in [0.29, 0.717) is 38.2 Å². The van der Waals surface area contributed by atoms with Crippen LogP contribution in [-0.4, -0.2) is 60.1 Å². The highest BCUT2D eigenvalue weighted by Gasteiger charge is 2.23. The van der Waals surface area contributed by atoms with Crippen LogP contribution < -0.4 is 10.1 Å². The van der Waals surface area contributed by atoms with Crippen LogP contribution in [0.4, 0.5) is 9.18 Å². The van der Waals surface area contributed by atoms with E-state index in [0.717, 1.165) is 0 Å². The fourth-order valence-corrected chi connectivity index (χ4v) is 2.83. The van der Waals surface area contributed by atoms with Gasteiger partial charge in [0.25, 0.3) is 5.91 Å². The molecule has 3 amide bonds. The third kappa shape index (κ3) is 5.34. The van der Waals surface area contributed by atoms with Crippen LogP contribution in [0.3, 0.4) is 0 Å². The largest absolute Gasteiger partial charge is 0.488 e. The van der Waals surface area contributed by atoms with Gasteiger partial charge >= 0.3 is 6.03 Å². The molecule has 1 N–H and O–H groups in total. The predicted molar refractivity (Wildman–Crippen MR) is 97.9 cm³/mol. The van der Waals surface area contributed by atoms with E-state index in [1.807, 2.05) is 27.7 Å². The number of nitrogens with one attached hydrogen (secondary N) is 1. The minimum absolute atomic E-state index is 0.0676. The summed E-state index contributed by atoms with van der Waals surface area (Å²) in [6.45, 7) is 9.47. The van der Waals surface area contributed by atoms with Gasteiger partial charge in [-0.25, -0.2) is 9.18 Å². The normalized spacial score (nSPS) is 15.2. The van der Waals surface area contributed by atoms with Crippen LogP contribution in [0.5, 0.6) is 5.75 Å². The molecule has 0 bridgehead atoms. The molecule has 0 aliphatic carbocycles. The third-order valence-corrected chi connectivity index (χ3v) is 4.02. The summed E-state index contributed by atoms with van der Waals surface area (Å²) < 4.78 is 19.5. The Labute approximate surface area is 154 Å². The predicted octanol–water partition coefficient (Wildman–Crippen LogP) is 2.88. The maximum atomic E-state index is 14.2. The van der Waals surface area contributed by atoms with Crippen molar-refractivity contribution in [3.05, 3.63) is 29.6 Å². The van der Waals surface area contributed by atoms with E-state index in [9.17, 15) is 14.0 Å². The number of carbonyl (C=O) groups excluding carboxylic acids is 2. The first kappa shape index (κ1) is 20.0. The van der Waals surface area contributed by atoms with Crippen molar-refractivity contribution in [1.82, 2.24) is 15.1 Å². The Morgan fingerprint density at radius 3 is 2.35 bits per heavy atom. The SMILES string of the molecule is CC(C)NC(=O)N1CCCN(C(=O)c2ccc(OC(C)C)c(F)c2)CC1. The van der Waals surface area contributed by atoms with E-state index in [4.69, 9.17) is 4.74 Å². The summed E-state index contributed by atoms with van der Waals surface area (Å²) in [5.41, 5.74) is 0.290. The summed E-state index contributed by atoms with van der Waals surface area (Å²) in [6, 6.07) is 4.24. The quantitative estimate of drug-likeness (QED) is 0.892. The average molecular weight is 365 g/mol. The van der Waals surface area contributed by atoms with Gasteiger partial charge in [0.15, 0.2) is 11.6 Å². The van der Waals surface area contributed by atoms with E-state index < -0.39 is 5.82 Å². The second-order valence-electron chi connectivity index (χ2n) is 7.05. The van der Waals surface area contributed by atoms with Gasteiger partial charge < -0.3 is 19.9 Å². The van der Waals surface area contributed by atoms with Crippen molar-refractivity contribution in [2.45, 2.75) is 46.3 Å². The summed E-state index contributed by atoms with van der Waals surface area (Å²) >= 11 is 0. The molecule has 0 aromatic heterocycles. The molecule has 1 aliphatic rings. The number of hydrogen-bond donors (Lipinski definition) is 1. The highest BCUT2D eigenvalue weighted by molar-refractivity contribution is 5.94. The molecule has 0 atom stereocenters. The Morgan fingerprint density at radius 1 is 1.08 bits per heavy atom. The van der Waals surface area contributed by atoms with Crippen molar-refractivity contribution >= 4 is 11.9 Å². The first-order valence-corrected chi connectivity index (χ1v) is 9.09. The van der Waals surface area contributed by atoms with Crippen molar-refractivity contribution in [2.24, 2.45) is 0 Å². The first-order chi connectivity index (χ1) is 12.3. The number of rotatable bonds is 4. The first-order valence-electron chi connectivity index (χ1n) is 9.09. The maximum Gasteiger partial charge on any atom is 0.317 e. The average Bonchev–Trinajstić information content (AvgIpc) is 2.81. The molecule has 0 spiro atoms. The van der Waals surface area contributed by atoms with Crippen molar-refractivity contribution in [3.63, 3.8) is 0 Å². The zero-order chi connectivity index (χ0) is 19.3. The molecule has 1 fully saturated rings. The van der Waals surface area contributed by atoms with Gasteiger partial charge in [-0.15, -0.1) is 0 Å². The van der Waals surface area contributed by atoms with E-state index in [2.05, 4.69) is 5.32 Å². The molecule has 1 heterocycles. The fourth-order valence-electron chi connectivity index (χ4n) is 2.83. The van der Waals surface area contributed by atoms with E-state index in [1.165, 1.54) is 12.1 Å². The number of urea groups is 1. The minimum atomic E-state index is -0.544. The van der Waals surface area contributed by atoms with E-state index in [-0.39, 0.29) is 29.8 Å². The van der Waals surface area contributed by atoms with Gasteiger partial charge in [0.2, 0.25) is 0 Å². The van der Waals surface area contributed by atoms with Crippen molar-refractivity contribution in [2.75, 3.05) is 26.2 Å². The zero-order valence-corrected chi connectivity index (χ0v) is 15.9. The van der Waals surface area contributed by atoms with Gasteiger partial charge in [0.05, 0.1) is 6.10 Å². The second-order valence-corrected chi connectivity index (χ2v) is 7.05. The fraction of sp³-hybridized carbons (Fsp3) is 0.579. The van der Waals surface area contributed by atoms with Crippen LogP contribution in [0.15, 0.2) is 18.2 Å². The Hall–Kier alpha value is -2.31. The molecule has 0 radical (unpaired) electrons. The molecule has 0 saturated carbocycles. The molecule has 1 aliphatic heterocycles. The summed E-state index contributed by atoms with van der Waals surface area (Å²) in [5.74, 6) is -0.632.